The van der Waals surface area contributed by atoms with Gasteiger partial charge in [0.25, 0.3) is 0 Å². The monoisotopic (exact) mass is 415 g/mol. The van der Waals surface area contributed by atoms with E-state index in [1.807, 2.05) is 32.0 Å². The molecular formula is C22H29N3O3S. The number of amides is 1. The van der Waals surface area contributed by atoms with Crippen molar-refractivity contribution in [1.82, 2.24) is 4.31 Å². The van der Waals surface area contributed by atoms with Crippen molar-refractivity contribution in [2.45, 2.75) is 44.9 Å². The molecule has 0 saturated carbocycles. The van der Waals surface area contributed by atoms with E-state index < -0.39 is 10.0 Å². The van der Waals surface area contributed by atoms with Gasteiger partial charge in [-0.15, -0.1) is 0 Å². The minimum absolute atomic E-state index is 0.0556. The summed E-state index contributed by atoms with van der Waals surface area (Å²) in [5.74, 6) is -0.177. The van der Waals surface area contributed by atoms with Crippen LogP contribution in [0.15, 0.2) is 41.3 Å². The minimum atomic E-state index is -3.52. The molecule has 1 fully saturated rings. The Labute approximate surface area is 173 Å². The molecule has 2 N–H and O–H groups in total. The summed E-state index contributed by atoms with van der Waals surface area (Å²) in [6.07, 6.45) is 2.87. The van der Waals surface area contributed by atoms with Gasteiger partial charge in [-0.1, -0.05) is 30.7 Å². The first-order valence-electron chi connectivity index (χ1n) is 10.00. The van der Waals surface area contributed by atoms with Gasteiger partial charge in [0.05, 0.1) is 11.4 Å². The van der Waals surface area contributed by atoms with Crippen LogP contribution in [0, 0.1) is 20.8 Å². The van der Waals surface area contributed by atoms with Gasteiger partial charge in [-0.05, 0) is 62.4 Å². The van der Waals surface area contributed by atoms with Crippen LogP contribution in [0.3, 0.4) is 0 Å². The van der Waals surface area contributed by atoms with Gasteiger partial charge in [0.1, 0.15) is 0 Å². The Bertz CT molecular complexity index is 976. The number of nitrogens with zero attached hydrogens (tertiary/aromatic N) is 1. The Hall–Kier alpha value is -2.38. The van der Waals surface area contributed by atoms with Crippen LogP contribution in [0.25, 0.3) is 0 Å². The number of benzene rings is 2. The Morgan fingerprint density at radius 1 is 0.966 bits per heavy atom. The zero-order chi connectivity index (χ0) is 21.0. The number of sulfonamides is 1. The zero-order valence-electron chi connectivity index (χ0n) is 17.3. The van der Waals surface area contributed by atoms with Crippen LogP contribution in [0.4, 0.5) is 11.4 Å². The second kappa shape index (κ2) is 8.97. The summed E-state index contributed by atoms with van der Waals surface area (Å²) in [4.78, 5) is 12.7. The maximum atomic E-state index is 13.0. The summed E-state index contributed by atoms with van der Waals surface area (Å²) in [6, 6.07) is 11.1. The van der Waals surface area contributed by atoms with E-state index in [0.717, 1.165) is 36.1 Å². The quantitative estimate of drug-likeness (QED) is 0.751. The summed E-state index contributed by atoms with van der Waals surface area (Å²) in [6.45, 7) is 6.89. The fourth-order valence-electron chi connectivity index (χ4n) is 3.61. The van der Waals surface area contributed by atoms with Crippen LogP contribution < -0.4 is 10.6 Å². The lowest BCUT2D eigenvalue weighted by atomic mass is 10.1. The normalized spacial score (nSPS) is 15.1. The van der Waals surface area contributed by atoms with Gasteiger partial charge in [-0.2, -0.15) is 4.31 Å². The molecule has 0 aliphatic carbocycles. The predicted octanol–water partition coefficient (Wildman–Crippen LogP) is 3.84. The molecule has 0 aromatic heterocycles. The van der Waals surface area contributed by atoms with Crippen LogP contribution in [0.2, 0.25) is 0 Å². The number of rotatable bonds is 6. The highest BCUT2D eigenvalue weighted by atomic mass is 32.2. The number of aryl methyl sites for hydroxylation is 3. The van der Waals surface area contributed by atoms with Crippen LogP contribution in [0.5, 0.6) is 0 Å². The van der Waals surface area contributed by atoms with Crippen molar-refractivity contribution in [3.8, 4) is 0 Å². The molecule has 1 saturated heterocycles. The Kier molecular flexibility index (Phi) is 6.59. The number of nitrogens with one attached hydrogen (secondary N) is 2. The maximum Gasteiger partial charge on any atom is 0.243 e. The maximum absolute atomic E-state index is 13.0. The van der Waals surface area contributed by atoms with E-state index >= 15 is 0 Å². The van der Waals surface area contributed by atoms with Gasteiger partial charge in [-0.3, -0.25) is 4.79 Å². The first kappa shape index (κ1) is 21.3. The second-order valence-electron chi connectivity index (χ2n) is 7.61. The zero-order valence-corrected chi connectivity index (χ0v) is 18.1. The van der Waals surface area contributed by atoms with Gasteiger partial charge in [0.15, 0.2) is 0 Å². The average Bonchev–Trinajstić information content (AvgIpc) is 2.71. The predicted molar refractivity (Wildman–Crippen MR) is 117 cm³/mol. The van der Waals surface area contributed by atoms with Gasteiger partial charge in [0, 0.05) is 24.5 Å². The van der Waals surface area contributed by atoms with E-state index in [2.05, 4.69) is 10.6 Å². The molecule has 156 valence electrons. The SMILES string of the molecule is Cc1ccc(NCC(=O)Nc2c(C)cccc2C)cc1S(=O)(=O)N1CCCCC1. The molecular weight excluding hydrogens is 386 g/mol. The Morgan fingerprint density at radius 2 is 1.62 bits per heavy atom. The molecule has 0 atom stereocenters. The van der Waals surface area contributed by atoms with E-state index in [0.29, 0.717) is 29.2 Å². The van der Waals surface area contributed by atoms with Crippen LogP contribution >= 0.6 is 0 Å². The Morgan fingerprint density at radius 3 is 2.28 bits per heavy atom. The average molecular weight is 416 g/mol. The van der Waals surface area contributed by atoms with E-state index in [1.165, 1.54) is 0 Å². The summed E-state index contributed by atoms with van der Waals surface area (Å²) in [5.41, 5.74) is 4.15. The van der Waals surface area contributed by atoms with E-state index in [9.17, 15) is 13.2 Å². The van der Waals surface area contributed by atoms with Gasteiger partial charge in [-0.25, -0.2) is 8.42 Å². The number of piperidine rings is 1. The summed E-state index contributed by atoms with van der Waals surface area (Å²) < 4.78 is 27.6. The van der Waals surface area contributed by atoms with Crippen molar-refractivity contribution in [2.24, 2.45) is 0 Å². The van der Waals surface area contributed by atoms with Crippen LogP contribution in [-0.2, 0) is 14.8 Å². The molecule has 0 bridgehead atoms. The first-order valence-corrected chi connectivity index (χ1v) is 11.4. The molecule has 2 aromatic carbocycles. The molecule has 2 aromatic rings. The summed E-state index contributed by atoms with van der Waals surface area (Å²) in [5, 5.41) is 5.98. The highest BCUT2D eigenvalue weighted by Crippen LogP contribution is 2.26. The number of hydrogen-bond donors (Lipinski definition) is 2. The lowest BCUT2D eigenvalue weighted by Gasteiger charge is -2.26. The number of carbonyl (C=O) groups excluding carboxylic acids is 1. The molecule has 0 unspecified atom stereocenters. The van der Waals surface area contributed by atoms with E-state index in [-0.39, 0.29) is 12.5 Å². The number of carbonyl (C=O) groups is 1. The molecule has 29 heavy (non-hydrogen) atoms. The lowest BCUT2D eigenvalue weighted by molar-refractivity contribution is -0.114. The third-order valence-electron chi connectivity index (χ3n) is 5.32. The van der Waals surface area contributed by atoms with Crippen molar-refractivity contribution in [3.63, 3.8) is 0 Å². The van der Waals surface area contributed by atoms with Crippen molar-refractivity contribution in [2.75, 3.05) is 30.3 Å². The number of hydrogen-bond acceptors (Lipinski definition) is 4. The van der Waals surface area contributed by atoms with Crippen molar-refractivity contribution in [3.05, 3.63) is 53.1 Å². The molecule has 6 nitrogen and oxygen atoms in total. The second-order valence-corrected chi connectivity index (χ2v) is 9.52. The standard InChI is InChI=1S/C22H29N3O3S/c1-16-10-11-19(14-20(16)29(27,28)25-12-5-4-6-13-25)23-15-21(26)24-22-17(2)8-7-9-18(22)3/h7-11,14,23H,4-6,12-13,15H2,1-3H3,(H,24,26). The largest absolute Gasteiger partial charge is 0.376 e. The van der Waals surface area contributed by atoms with Crippen molar-refractivity contribution >= 4 is 27.3 Å². The molecule has 1 aliphatic heterocycles. The first-order chi connectivity index (χ1) is 13.8. The molecule has 7 heteroatoms. The molecule has 1 heterocycles. The highest BCUT2D eigenvalue weighted by Gasteiger charge is 2.27. The van der Waals surface area contributed by atoms with Gasteiger partial charge < -0.3 is 10.6 Å². The fourth-order valence-corrected chi connectivity index (χ4v) is 5.38. The van der Waals surface area contributed by atoms with Crippen molar-refractivity contribution < 1.29 is 13.2 Å². The van der Waals surface area contributed by atoms with E-state index in [4.69, 9.17) is 0 Å². The fraction of sp³-hybridized carbons (Fsp3) is 0.409. The smallest absolute Gasteiger partial charge is 0.243 e. The highest BCUT2D eigenvalue weighted by molar-refractivity contribution is 7.89. The van der Waals surface area contributed by atoms with Gasteiger partial charge in [0.2, 0.25) is 15.9 Å². The molecule has 1 amide bonds. The Balaban J connectivity index is 1.70. The van der Waals surface area contributed by atoms with E-state index in [1.54, 1.807) is 29.4 Å². The van der Waals surface area contributed by atoms with Crippen molar-refractivity contribution in [1.29, 1.82) is 0 Å². The topological polar surface area (TPSA) is 78.5 Å². The molecule has 1 aliphatic rings. The summed E-state index contributed by atoms with van der Waals surface area (Å²) in [7, 11) is -3.52. The third-order valence-corrected chi connectivity index (χ3v) is 7.36. The minimum Gasteiger partial charge on any atom is -0.376 e. The van der Waals surface area contributed by atoms with Crippen LogP contribution in [0.1, 0.15) is 36.0 Å². The third kappa shape index (κ3) is 4.97. The van der Waals surface area contributed by atoms with Crippen LogP contribution in [-0.4, -0.2) is 38.3 Å². The van der Waals surface area contributed by atoms with Gasteiger partial charge >= 0.3 is 0 Å². The number of para-hydroxylation sites is 1. The summed E-state index contributed by atoms with van der Waals surface area (Å²) >= 11 is 0. The molecule has 0 radical (unpaired) electrons. The molecule has 3 rings (SSSR count). The molecule has 0 spiro atoms. The number of anilines is 2. The lowest BCUT2D eigenvalue weighted by Crippen LogP contribution is -2.36.